The lowest BCUT2D eigenvalue weighted by molar-refractivity contribution is -0.120. The summed E-state index contributed by atoms with van der Waals surface area (Å²) in [6.07, 6.45) is 6.28. The number of H-pyrrole nitrogens is 1. The fraction of sp³-hybridized carbons (Fsp3) is 0.733. The van der Waals surface area contributed by atoms with E-state index in [2.05, 4.69) is 27.3 Å². The van der Waals surface area contributed by atoms with Crippen LogP contribution in [0, 0.1) is 5.92 Å². The van der Waals surface area contributed by atoms with Gasteiger partial charge in [-0.15, -0.1) is 0 Å². The second-order valence-electron chi connectivity index (χ2n) is 6.14. The number of carbonyl (C=O) groups is 1. The van der Waals surface area contributed by atoms with E-state index in [9.17, 15) is 4.79 Å². The summed E-state index contributed by atoms with van der Waals surface area (Å²) < 4.78 is 0. The van der Waals surface area contributed by atoms with Gasteiger partial charge in [-0.1, -0.05) is 6.92 Å². The summed E-state index contributed by atoms with van der Waals surface area (Å²) in [6.45, 7) is 6.10. The topological polar surface area (TPSA) is 61.0 Å². The summed E-state index contributed by atoms with van der Waals surface area (Å²) in [4.78, 5) is 14.1. The molecule has 2 aliphatic rings. The van der Waals surface area contributed by atoms with Crippen molar-refractivity contribution in [3.63, 3.8) is 0 Å². The van der Waals surface area contributed by atoms with Gasteiger partial charge in [0.25, 0.3) is 0 Å². The van der Waals surface area contributed by atoms with Crippen molar-refractivity contribution < 1.29 is 4.79 Å². The van der Waals surface area contributed by atoms with E-state index < -0.39 is 0 Å². The number of hydrogen-bond acceptors (Lipinski definition) is 3. The molecule has 0 aromatic carbocycles. The predicted molar refractivity (Wildman–Crippen MR) is 77.4 cm³/mol. The first-order chi connectivity index (χ1) is 9.69. The van der Waals surface area contributed by atoms with Crippen LogP contribution >= 0.6 is 0 Å². The van der Waals surface area contributed by atoms with E-state index in [-0.39, 0.29) is 5.91 Å². The zero-order chi connectivity index (χ0) is 14.1. The molecule has 1 fully saturated rings. The zero-order valence-electron chi connectivity index (χ0n) is 12.4. The van der Waals surface area contributed by atoms with Crippen molar-refractivity contribution in [2.24, 2.45) is 5.92 Å². The van der Waals surface area contributed by atoms with Gasteiger partial charge < -0.3 is 5.32 Å². The Balaban J connectivity index is 1.83. The summed E-state index contributed by atoms with van der Waals surface area (Å²) in [5.41, 5.74) is 2.62. The molecule has 1 aromatic rings. The highest BCUT2D eigenvalue weighted by Crippen LogP contribution is 2.34. The lowest BCUT2D eigenvalue weighted by atomic mass is 9.74. The predicted octanol–water partition coefficient (Wildman–Crippen LogP) is 1.11. The molecule has 1 aliphatic carbocycles. The highest BCUT2D eigenvalue weighted by molar-refractivity contribution is 5.73. The molecule has 2 N–H and O–H groups in total. The summed E-state index contributed by atoms with van der Waals surface area (Å²) in [6, 6.07) is 0.854. The van der Waals surface area contributed by atoms with Gasteiger partial charge in [-0.2, -0.15) is 5.10 Å². The summed E-state index contributed by atoms with van der Waals surface area (Å²) in [5, 5.41) is 10.5. The van der Waals surface area contributed by atoms with Crippen LogP contribution in [0.15, 0.2) is 6.20 Å². The third-order valence-corrected chi connectivity index (χ3v) is 4.78. The van der Waals surface area contributed by atoms with Crippen molar-refractivity contribution in [3.05, 3.63) is 17.5 Å². The molecule has 3 atom stereocenters. The Hall–Kier alpha value is -1.36. The molecule has 0 bridgehead atoms. The molecular formula is C15H24N4O. The highest BCUT2D eigenvalue weighted by Gasteiger charge is 2.41. The molecule has 5 nitrogen and oxygen atoms in total. The van der Waals surface area contributed by atoms with E-state index in [1.165, 1.54) is 17.7 Å². The van der Waals surface area contributed by atoms with E-state index in [0.717, 1.165) is 32.4 Å². The van der Waals surface area contributed by atoms with Gasteiger partial charge in [-0.3, -0.25) is 14.8 Å². The third-order valence-electron chi connectivity index (χ3n) is 4.78. The molecule has 0 unspecified atom stereocenters. The van der Waals surface area contributed by atoms with Gasteiger partial charge in [0, 0.05) is 37.2 Å². The molecule has 0 spiro atoms. The maximum absolute atomic E-state index is 11.4. The van der Waals surface area contributed by atoms with E-state index in [1.54, 1.807) is 6.92 Å². The highest BCUT2D eigenvalue weighted by atomic mass is 16.1. The molecule has 110 valence electrons. The minimum atomic E-state index is 0.0908. The second-order valence-corrected chi connectivity index (χ2v) is 6.14. The average Bonchev–Trinajstić information content (AvgIpc) is 2.86. The summed E-state index contributed by atoms with van der Waals surface area (Å²) >= 11 is 0. The molecular weight excluding hydrogens is 252 g/mol. The second kappa shape index (κ2) is 5.56. The zero-order valence-corrected chi connectivity index (χ0v) is 12.4. The number of nitrogens with zero attached hydrogens (tertiary/aromatic N) is 2. The van der Waals surface area contributed by atoms with Gasteiger partial charge in [0.1, 0.15) is 0 Å². The Morgan fingerprint density at radius 3 is 3.15 bits per heavy atom. The number of hydrogen-bond donors (Lipinski definition) is 2. The van der Waals surface area contributed by atoms with Crippen molar-refractivity contribution in [2.75, 3.05) is 13.1 Å². The van der Waals surface area contributed by atoms with E-state index in [0.29, 0.717) is 18.0 Å². The SMILES string of the molecule is CCCN1CC[C@H](NC(C)=O)[C@H]2Cc3[nH]ncc3C[C@@H]21. The number of carbonyl (C=O) groups excluding carboxylic acids is 1. The van der Waals surface area contributed by atoms with E-state index >= 15 is 0 Å². The first kappa shape index (κ1) is 13.6. The van der Waals surface area contributed by atoms with Gasteiger partial charge in [-0.05, 0) is 37.8 Å². The first-order valence-corrected chi connectivity index (χ1v) is 7.71. The number of piperidine rings is 1. The van der Waals surface area contributed by atoms with Crippen LogP contribution in [0.3, 0.4) is 0 Å². The number of fused-ring (bicyclic) bond motifs is 2. The fourth-order valence-electron chi connectivity index (χ4n) is 3.94. The molecule has 5 heteroatoms. The van der Waals surface area contributed by atoms with Crippen molar-refractivity contribution in [3.8, 4) is 0 Å². The first-order valence-electron chi connectivity index (χ1n) is 7.71. The maximum atomic E-state index is 11.4. The molecule has 2 heterocycles. The van der Waals surface area contributed by atoms with E-state index in [4.69, 9.17) is 0 Å². The Labute approximate surface area is 120 Å². The quantitative estimate of drug-likeness (QED) is 0.869. The van der Waals surface area contributed by atoms with Crippen LogP contribution < -0.4 is 5.32 Å². The fourth-order valence-corrected chi connectivity index (χ4v) is 3.94. The third kappa shape index (κ3) is 2.46. The van der Waals surface area contributed by atoms with Crippen LogP contribution in [0.5, 0.6) is 0 Å². The van der Waals surface area contributed by atoms with Crippen LogP contribution in [-0.4, -0.2) is 46.2 Å². The molecule has 1 aromatic heterocycles. The van der Waals surface area contributed by atoms with Gasteiger partial charge in [0.15, 0.2) is 0 Å². The lowest BCUT2D eigenvalue weighted by Crippen LogP contribution is -2.59. The monoisotopic (exact) mass is 276 g/mol. The smallest absolute Gasteiger partial charge is 0.217 e. The molecule has 20 heavy (non-hydrogen) atoms. The van der Waals surface area contributed by atoms with Crippen molar-refractivity contribution >= 4 is 5.91 Å². The van der Waals surface area contributed by atoms with Crippen LogP contribution in [-0.2, 0) is 17.6 Å². The molecule has 1 saturated heterocycles. The van der Waals surface area contributed by atoms with Crippen LogP contribution in [0.4, 0.5) is 0 Å². The Kier molecular flexibility index (Phi) is 3.78. The van der Waals surface area contributed by atoms with Gasteiger partial charge in [-0.25, -0.2) is 0 Å². The van der Waals surface area contributed by atoms with Crippen LogP contribution in [0.2, 0.25) is 0 Å². The lowest BCUT2D eigenvalue weighted by Gasteiger charge is -2.47. The number of likely N-dealkylation sites (tertiary alicyclic amines) is 1. The van der Waals surface area contributed by atoms with Crippen molar-refractivity contribution in [1.82, 2.24) is 20.4 Å². The van der Waals surface area contributed by atoms with Gasteiger partial charge in [0.05, 0.1) is 6.20 Å². The minimum absolute atomic E-state index is 0.0908. The summed E-state index contributed by atoms with van der Waals surface area (Å²) in [7, 11) is 0. The number of aromatic amines is 1. The van der Waals surface area contributed by atoms with Gasteiger partial charge in [0.2, 0.25) is 5.91 Å². The van der Waals surface area contributed by atoms with Crippen LogP contribution in [0.1, 0.15) is 37.9 Å². The largest absolute Gasteiger partial charge is 0.353 e. The standard InChI is InChI=1S/C15H24N4O/c1-3-5-19-6-4-13(17-10(2)20)12-8-14-11(7-15(12)19)9-16-18-14/h9,12-13,15H,3-8H2,1-2H3,(H,16,18)(H,17,20)/t12-,13+,15+/m1/s1. The number of nitrogens with one attached hydrogen (secondary N) is 2. The number of amides is 1. The maximum Gasteiger partial charge on any atom is 0.217 e. The average molecular weight is 276 g/mol. The van der Waals surface area contributed by atoms with Gasteiger partial charge >= 0.3 is 0 Å². The Bertz CT molecular complexity index is 484. The minimum Gasteiger partial charge on any atom is -0.353 e. The molecule has 3 rings (SSSR count). The number of aromatic nitrogens is 2. The number of rotatable bonds is 3. The summed E-state index contributed by atoms with van der Waals surface area (Å²) in [5.74, 6) is 0.597. The Morgan fingerprint density at radius 1 is 1.55 bits per heavy atom. The van der Waals surface area contributed by atoms with E-state index in [1.807, 2.05) is 6.20 Å². The molecule has 1 amide bonds. The van der Waals surface area contributed by atoms with Crippen molar-refractivity contribution in [1.29, 1.82) is 0 Å². The van der Waals surface area contributed by atoms with Crippen molar-refractivity contribution in [2.45, 2.75) is 51.6 Å². The normalized spacial score (nSPS) is 29.6. The molecule has 1 aliphatic heterocycles. The molecule has 0 saturated carbocycles. The molecule has 0 radical (unpaired) electrons. The van der Waals surface area contributed by atoms with Crippen LogP contribution in [0.25, 0.3) is 0 Å². The Morgan fingerprint density at radius 2 is 2.40 bits per heavy atom.